The third kappa shape index (κ3) is 9.73. The summed E-state index contributed by atoms with van der Waals surface area (Å²) in [5, 5.41) is 24.7. The number of fused-ring (bicyclic) bond motifs is 24. The van der Waals surface area contributed by atoms with Crippen LogP contribution in [0.5, 0.6) is 0 Å². The third-order valence-electron chi connectivity index (χ3n) is 27.7. The van der Waals surface area contributed by atoms with Crippen molar-refractivity contribution in [3.05, 3.63) is 425 Å². The van der Waals surface area contributed by atoms with Crippen LogP contribution in [0.15, 0.2) is 425 Å². The molecule has 0 fully saturated rings. The van der Waals surface area contributed by atoms with Crippen LogP contribution >= 0.6 is 0 Å². The molecule has 28 rings (SSSR count). The molecule has 0 saturated heterocycles. The van der Waals surface area contributed by atoms with Gasteiger partial charge in [-0.25, -0.2) is 0 Å². The van der Waals surface area contributed by atoms with Crippen LogP contribution in [-0.4, -0.2) is 18.3 Å². The highest BCUT2D eigenvalue weighted by Gasteiger charge is 2.29. The maximum Gasteiger partial charge on any atom is 0.0619 e. The molecule has 0 unspecified atom stereocenters. The summed E-state index contributed by atoms with van der Waals surface area (Å²) in [6, 6.07) is 161. The van der Waals surface area contributed by atoms with Crippen LogP contribution < -0.4 is 0 Å². The molecule has 0 bridgehead atoms. The lowest BCUT2D eigenvalue weighted by atomic mass is 9.91. The summed E-state index contributed by atoms with van der Waals surface area (Å²) in [6.45, 7) is 0. The van der Waals surface area contributed by atoms with Crippen molar-refractivity contribution < 1.29 is 0 Å². The lowest BCUT2D eigenvalue weighted by molar-refractivity contribution is 1.18. The number of benzene rings is 22. The Morgan fingerprint density at radius 1 is 0.121 bits per heavy atom. The highest BCUT2D eigenvalue weighted by atomic mass is 15.0. The molecule has 0 aliphatic heterocycles. The van der Waals surface area contributed by atoms with Gasteiger partial charge >= 0.3 is 0 Å². The Hall–Kier alpha value is -16.4. The minimum absolute atomic E-state index is 1.12. The van der Waals surface area contributed by atoms with E-state index in [2.05, 4.69) is 443 Å². The average molecular weight is 1570 g/mol. The van der Waals surface area contributed by atoms with E-state index in [4.69, 9.17) is 0 Å². The van der Waals surface area contributed by atoms with Crippen LogP contribution in [0, 0.1) is 0 Å². The molecule has 26 aromatic rings. The van der Waals surface area contributed by atoms with Gasteiger partial charge in [0.15, 0.2) is 0 Å². The molecule has 0 N–H and O–H groups in total. The normalized spacial score (nSPS) is 12.4. The summed E-state index contributed by atoms with van der Waals surface area (Å²) in [4.78, 5) is 0. The lowest BCUT2D eigenvalue weighted by Crippen LogP contribution is -1.95. The first-order chi connectivity index (χ1) is 61.4. The number of hydrogen-bond acceptors (Lipinski definition) is 0. The SMILES string of the molecule is c1ccc(-n2c3ccccc3c3cc(-c4ccc5c6ccc7ccccc7c6n(-c6ccc7cc(-c8ccc9c(c8)-c8cccc%10cc(-c%11cc(-c%12ccc%13c(c%12)c%12ccc%14ccccc%14c%12n%13-c%12ccccc%12)cc%12c%11c%11ccccc%11n%12-c%11ccc%12cc(-c%13ccc%14c(c%13)-c%13cccc%15cccc-%14c%13%15)ccc%12c%11)cc-9c8%10)ccc7c6)c5c4)ccc32)cc1. The Balaban J connectivity index is 0.572. The second-order valence-corrected chi connectivity index (χ2v) is 34.2. The molecule has 0 amide bonds. The van der Waals surface area contributed by atoms with Crippen LogP contribution in [0.1, 0.15) is 0 Å². The molecule has 0 spiro atoms. The van der Waals surface area contributed by atoms with Crippen molar-refractivity contribution in [1.29, 1.82) is 0 Å². The maximum atomic E-state index is 2.54. The fourth-order valence-corrected chi connectivity index (χ4v) is 22.1. The summed E-state index contributed by atoms with van der Waals surface area (Å²) < 4.78 is 9.92. The van der Waals surface area contributed by atoms with Gasteiger partial charge < -0.3 is 18.3 Å². The summed E-state index contributed by atoms with van der Waals surface area (Å²) in [6.07, 6.45) is 0. The van der Waals surface area contributed by atoms with Crippen LogP contribution in [0.3, 0.4) is 0 Å². The van der Waals surface area contributed by atoms with Crippen LogP contribution in [0.25, 0.3) is 275 Å². The first-order valence-corrected chi connectivity index (χ1v) is 43.1. The molecule has 2 aliphatic rings. The monoisotopic (exact) mass is 1570 g/mol. The van der Waals surface area contributed by atoms with Crippen LogP contribution in [0.4, 0.5) is 0 Å². The van der Waals surface area contributed by atoms with E-state index in [0.29, 0.717) is 0 Å². The molecule has 124 heavy (non-hydrogen) atoms. The largest absolute Gasteiger partial charge is 0.309 e. The van der Waals surface area contributed by atoms with Crippen molar-refractivity contribution in [2.24, 2.45) is 0 Å². The van der Waals surface area contributed by atoms with Gasteiger partial charge in [0, 0.05) is 76.6 Å². The predicted octanol–water partition coefficient (Wildman–Crippen LogP) is 32.6. The third-order valence-corrected chi connectivity index (χ3v) is 27.7. The number of nitrogens with zero attached hydrogens (tertiary/aromatic N) is 4. The molecule has 0 saturated carbocycles. The summed E-state index contributed by atoms with van der Waals surface area (Å²) in [7, 11) is 0. The van der Waals surface area contributed by atoms with Gasteiger partial charge in [0.25, 0.3) is 0 Å². The average Bonchev–Trinajstić information content (AvgIpc) is 1.55. The Morgan fingerprint density at radius 3 is 1.15 bits per heavy atom. The van der Waals surface area contributed by atoms with E-state index in [1.807, 2.05) is 0 Å². The summed E-state index contributed by atoms with van der Waals surface area (Å²) in [5.74, 6) is 0. The van der Waals surface area contributed by atoms with E-state index in [1.54, 1.807) is 0 Å². The molecule has 4 heteroatoms. The molecule has 0 atom stereocenters. The standard InChI is InChI=1S/C120H70N4/c1-3-23-88(24-4-1)121-110-34-13-11-29-96(110)107-65-82(47-56-112(107)121)84-46-53-97-101-54-42-71-18-7-9-27-92(71)119(101)124(114(97)69-84)91-50-41-77-59-75(37-39-79(77)62-91)81-45-52-95-106(64-81)100-33-17-22-85-60-87(68-109(95)117(85)100)104-67-86(83-48-57-113-108(66-83)102-55-43-72-19-8-10-28-93(72)120(102)123(113)89-25-5-2-6-26-89)70-115-118(104)103-30-12-14-35-111(103)122(115)90-49-40-76-58-74(36-38-78(76)61-90)80-44-51-94-98-31-15-20-73-21-16-32-99(116(73)98)105(94)63-80/h1-70H. The molecule has 2 aliphatic carbocycles. The number of hydrogen-bond donors (Lipinski definition) is 0. The van der Waals surface area contributed by atoms with Gasteiger partial charge in [0.2, 0.25) is 0 Å². The van der Waals surface area contributed by atoms with Gasteiger partial charge in [0.05, 0.1) is 44.1 Å². The zero-order valence-electron chi connectivity index (χ0n) is 67.2. The highest BCUT2D eigenvalue weighted by molar-refractivity contribution is 6.25. The number of aromatic nitrogens is 4. The Labute approximate surface area is 712 Å². The van der Waals surface area contributed by atoms with Gasteiger partial charge in [-0.3, -0.25) is 0 Å². The van der Waals surface area contributed by atoms with Crippen molar-refractivity contribution in [3.63, 3.8) is 0 Å². The molecule has 4 heterocycles. The molecule has 570 valence electrons. The van der Waals surface area contributed by atoms with E-state index < -0.39 is 0 Å². The molecular weight excluding hydrogens is 1500 g/mol. The fourth-order valence-electron chi connectivity index (χ4n) is 22.1. The topological polar surface area (TPSA) is 19.7 Å². The first kappa shape index (κ1) is 67.5. The van der Waals surface area contributed by atoms with Crippen molar-refractivity contribution >= 4 is 152 Å². The van der Waals surface area contributed by atoms with Gasteiger partial charge in [0.1, 0.15) is 0 Å². The molecule has 22 aromatic carbocycles. The highest BCUT2D eigenvalue weighted by Crippen LogP contribution is 2.54. The van der Waals surface area contributed by atoms with Crippen LogP contribution in [0.2, 0.25) is 0 Å². The summed E-state index contributed by atoms with van der Waals surface area (Å²) in [5.41, 5.74) is 36.2. The molecular formula is C120H70N4. The van der Waals surface area contributed by atoms with Gasteiger partial charge in [-0.05, 0) is 294 Å². The molecule has 4 aromatic heterocycles. The smallest absolute Gasteiger partial charge is 0.0619 e. The number of para-hydroxylation sites is 4. The van der Waals surface area contributed by atoms with E-state index in [1.165, 1.54) is 230 Å². The number of rotatable bonds is 9. The minimum Gasteiger partial charge on any atom is -0.309 e. The minimum atomic E-state index is 1.12. The van der Waals surface area contributed by atoms with Gasteiger partial charge in [-0.1, -0.05) is 285 Å². The van der Waals surface area contributed by atoms with E-state index in [9.17, 15) is 0 Å². The maximum absolute atomic E-state index is 2.54. The zero-order chi connectivity index (χ0) is 80.7. The lowest BCUT2D eigenvalue weighted by Gasteiger charge is -2.15. The van der Waals surface area contributed by atoms with Crippen molar-refractivity contribution in [1.82, 2.24) is 18.3 Å². The Kier molecular flexibility index (Phi) is 13.9. The quantitative estimate of drug-likeness (QED) is 0.137. The fraction of sp³-hybridized carbons (Fsp3) is 0. The van der Waals surface area contributed by atoms with Gasteiger partial charge in [-0.15, -0.1) is 0 Å². The first-order valence-electron chi connectivity index (χ1n) is 43.1. The van der Waals surface area contributed by atoms with Gasteiger partial charge in [-0.2, -0.15) is 0 Å². The second-order valence-electron chi connectivity index (χ2n) is 34.2. The van der Waals surface area contributed by atoms with E-state index >= 15 is 0 Å². The van der Waals surface area contributed by atoms with Crippen LogP contribution in [-0.2, 0) is 0 Å². The Morgan fingerprint density at radius 2 is 0.492 bits per heavy atom. The Bertz CT molecular complexity index is 9240. The second kappa shape index (κ2) is 25.6. The van der Waals surface area contributed by atoms with Crippen molar-refractivity contribution in [2.45, 2.75) is 0 Å². The van der Waals surface area contributed by atoms with Crippen molar-refractivity contribution in [2.75, 3.05) is 0 Å². The molecule has 0 radical (unpaired) electrons. The van der Waals surface area contributed by atoms with Crippen molar-refractivity contribution in [3.8, 4) is 123 Å². The predicted molar refractivity (Wildman–Crippen MR) is 525 cm³/mol. The molecule has 4 nitrogen and oxygen atoms in total. The van der Waals surface area contributed by atoms with E-state index in [0.717, 1.165) is 44.9 Å². The van der Waals surface area contributed by atoms with E-state index in [-0.39, 0.29) is 0 Å². The zero-order valence-corrected chi connectivity index (χ0v) is 67.2. The summed E-state index contributed by atoms with van der Waals surface area (Å²) >= 11 is 0.